The molecule has 1 amide bonds. The Morgan fingerprint density at radius 3 is 2.63 bits per heavy atom. The van der Waals surface area contributed by atoms with E-state index in [-0.39, 0.29) is 29.1 Å². The zero-order chi connectivity index (χ0) is 24.8. The molecular formula is C28H29FN4O2. The largest absolute Gasteiger partial charge is 0.507 e. The van der Waals surface area contributed by atoms with Crippen molar-refractivity contribution in [1.29, 1.82) is 0 Å². The van der Waals surface area contributed by atoms with E-state index in [4.69, 9.17) is 5.10 Å². The Morgan fingerprint density at radius 2 is 1.89 bits per heavy atom. The van der Waals surface area contributed by atoms with E-state index in [1.807, 2.05) is 23.0 Å². The van der Waals surface area contributed by atoms with Crippen LogP contribution in [-0.4, -0.2) is 32.3 Å². The van der Waals surface area contributed by atoms with Crippen molar-refractivity contribution in [3.63, 3.8) is 0 Å². The van der Waals surface area contributed by atoms with E-state index in [0.29, 0.717) is 19.4 Å². The Kier molecular flexibility index (Phi) is 7.55. The fourth-order valence-corrected chi connectivity index (χ4v) is 3.85. The lowest BCUT2D eigenvalue weighted by atomic mass is 10.0. The molecule has 2 aromatic heterocycles. The number of aryl methyl sites for hydroxylation is 1. The van der Waals surface area contributed by atoms with Gasteiger partial charge in [0.05, 0.1) is 5.56 Å². The molecule has 35 heavy (non-hydrogen) atoms. The van der Waals surface area contributed by atoms with Crippen molar-refractivity contribution in [3.05, 3.63) is 90.1 Å². The summed E-state index contributed by atoms with van der Waals surface area (Å²) in [5.74, 6) is -0.613. The molecule has 0 fully saturated rings. The Bertz CT molecular complexity index is 1300. The lowest BCUT2D eigenvalue weighted by molar-refractivity contribution is 0.0950. The van der Waals surface area contributed by atoms with Crippen molar-refractivity contribution in [3.8, 4) is 28.1 Å². The normalized spacial score (nSPS) is 11.9. The minimum absolute atomic E-state index is 0.0331. The molecule has 2 aromatic carbocycles. The van der Waals surface area contributed by atoms with E-state index in [2.05, 4.69) is 24.1 Å². The molecule has 0 aliphatic carbocycles. The molecule has 6 nitrogen and oxygen atoms in total. The third-order valence-corrected chi connectivity index (χ3v) is 6.06. The number of phenolic OH excluding ortho intramolecular Hbond substituents is 1. The lowest BCUT2D eigenvalue weighted by Gasteiger charge is -2.08. The van der Waals surface area contributed by atoms with Gasteiger partial charge >= 0.3 is 0 Å². The fourth-order valence-electron chi connectivity index (χ4n) is 3.85. The molecule has 0 aliphatic rings. The van der Waals surface area contributed by atoms with Gasteiger partial charge in [0, 0.05) is 41.8 Å². The maximum Gasteiger partial charge on any atom is 0.255 e. The number of nitrogens with zero attached hydrogens (tertiary/aromatic N) is 3. The number of amides is 1. The topological polar surface area (TPSA) is 80.0 Å². The second-order valence-corrected chi connectivity index (χ2v) is 8.55. The molecular weight excluding hydrogens is 443 g/mol. The van der Waals surface area contributed by atoms with Gasteiger partial charge in [-0.2, -0.15) is 5.10 Å². The number of hydrogen-bond donors (Lipinski definition) is 2. The van der Waals surface area contributed by atoms with Gasteiger partial charge in [0.15, 0.2) is 0 Å². The van der Waals surface area contributed by atoms with Gasteiger partial charge in [0.2, 0.25) is 0 Å². The number of carbonyl (C=O) groups is 1. The van der Waals surface area contributed by atoms with E-state index >= 15 is 0 Å². The Balaban J connectivity index is 1.49. The Labute approximate surface area is 204 Å². The number of nitrogens with one attached hydrogen (secondary N) is 1. The standard InChI is InChI=1S/C28H29FN4O2/c1-3-19(2)33-18-25(27(32-33)20-10-12-22(29)13-11-20)21-14-16-30-23(17-21)7-6-15-31-28(35)24-8-4-5-9-26(24)34/h4-5,8-14,16-19,34H,3,6-7,15H2,1-2H3,(H,31,35). The third kappa shape index (κ3) is 5.74. The summed E-state index contributed by atoms with van der Waals surface area (Å²) in [6, 6.07) is 17.1. The van der Waals surface area contributed by atoms with Gasteiger partial charge in [-0.25, -0.2) is 4.39 Å². The Morgan fingerprint density at radius 1 is 1.11 bits per heavy atom. The number of carbonyl (C=O) groups excluding carboxylic acids is 1. The van der Waals surface area contributed by atoms with Gasteiger partial charge in [-0.05, 0) is 80.3 Å². The second kappa shape index (κ2) is 11.0. The van der Waals surface area contributed by atoms with Gasteiger partial charge in [0.1, 0.15) is 17.3 Å². The molecule has 2 N–H and O–H groups in total. The van der Waals surface area contributed by atoms with Gasteiger partial charge < -0.3 is 10.4 Å². The van der Waals surface area contributed by atoms with Crippen molar-refractivity contribution in [2.75, 3.05) is 6.54 Å². The van der Waals surface area contributed by atoms with Crippen LogP contribution < -0.4 is 5.32 Å². The molecule has 0 saturated carbocycles. The molecule has 0 saturated heterocycles. The molecule has 180 valence electrons. The van der Waals surface area contributed by atoms with Crippen molar-refractivity contribution >= 4 is 5.91 Å². The quantitative estimate of drug-likeness (QED) is 0.302. The van der Waals surface area contributed by atoms with Crippen molar-refractivity contribution in [1.82, 2.24) is 20.1 Å². The van der Waals surface area contributed by atoms with Crippen LogP contribution in [0, 0.1) is 5.82 Å². The van der Waals surface area contributed by atoms with Crippen LogP contribution in [0.5, 0.6) is 5.75 Å². The maximum atomic E-state index is 13.5. The molecule has 2 heterocycles. The smallest absolute Gasteiger partial charge is 0.255 e. The molecule has 0 aliphatic heterocycles. The average Bonchev–Trinajstić information content (AvgIpc) is 3.32. The zero-order valence-electron chi connectivity index (χ0n) is 19.9. The number of para-hydroxylation sites is 1. The highest BCUT2D eigenvalue weighted by Crippen LogP contribution is 2.33. The molecule has 1 unspecified atom stereocenters. The third-order valence-electron chi connectivity index (χ3n) is 6.06. The fraction of sp³-hybridized carbons (Fsp3) is 0.250. The van der Waals surface area contributed by atoms with E-state index in [0.717, 1.165) is 34.5 Å². The molecule has 4 rings (SSSR count). The van der Waals surface area contributed by atoms with Gasteiger partial charge in [0.25, 0.3) is 5.91 Å². The number of hydrogen-bond acceptors (Lipinski definition) is 4. The summed E-state index contributed by atoms with van der Waals surface area (Å²) >= 11 is 0. The van der Waals surface area contributed by atoms with Crippen LogP contribution in [0.4, 0.5) is 4.39 Å². The highest BCUT2D eigenvalue weighted by Gasteiger charge is 2.16. The number of aromatic nitrogens is 3. The first-order valence-corrected chi connectivity index (χ1v) is 11.8. The van der Waals surface area contributed by atoms with E-state index < -0.39 is 0 Å². The molecule has 4 aromatic rings. The predicted octanol–water partition coefficient (Wildman–Crippen LogP) is 5.79. The van der Waals surface area contributed by atoms with Crippen LogP contribution in [0.3, 0.4) is 0 Å². The number of halogens is 1. The van der Waals surface area contributed by atoms with E-state index in [1.165, 1.54) is 18.2 Å². The first-order valence-electron chi connectivity index (χ1n) is 11.8. The molecule has 1 atom stereocenters. The number of benzene rings is 2. The predicted molar refractivity (Wildman–Crippen MR) is 135 cm³/mol. The first-order chi connectivity index (χ1) is 17.0. The van der Waals surface area contributed by atoms with E-state index in [9.17, 15) is 14.3 Å². The summed E-state index contributed by atoms with van der Waals surface area (Å²) < 4.78 is 15.5. The van der Waals surface area contributed by atoms with Crippen LogP contribution in [0.15, 0.2) is 73.1 Å². The van der Waals surface area contributed by atoms with Crippen molar-refractivity contribution in [2.24, 2.45) is 0 Å². The lowest BCUT2D eigenvalue weighted by Crippen LogP contribution is -2.24. The average molecular weight is 473 g/mol. The van der Waals surface area contributed by atoms with Gasteiger partial charge in [-0.15, -0.1) is 0 Å². The molecule has 7 heteroatoms. The minimum Gasteiger partial charge on any atom is -0.507 e. The monoisotopic (exact) mass is 472 g/mol. The molecule has 0 radical (unpaired) electrons. The van der Waals surface area contributed by atoms with Crippen LogP contribution >= 0.6 is 0 Å². The zero-order valence-corrected chi connectivity index (χ0v) is 19.9. The van der Waals surface area contributed by atoms with Gasteiger partial charge in [-0.3, -0.25) is 14.5 Å². The van der Waals surface area contributed by atoms with Crippen LogP contribution in [0.1, 0.15) is 48.8 Å². The first kappa shape index (κ1) is 24.1. The number of aromatic hydroxyl groups is 1. The Hall–Kier alpha value is -4.00. The summed E-state index contributed by atoms with van der Waals surface area (Å²) in [5, 5.41) is 17.5. The highest BCUT2D eigenvalue weighted by molar-refractivity contribution is 5.96. The second-order valence-electron chi connectivity index (χ2n) is 8.55. The molecule has 0 bridgehead atoms. The summed E-state index contributed by atoms with van der Waals surface area (Å²) in [5.41, 5.74) is 4.78. The summed E-state index contributed by atoms with van der Waals surface area (Å²) in [4.78, 5) is 16.8. The van der Waals surface area contributed by atoms with Crippen molar-refractivity contribution in [2.45, 2.75) is 39.2 Å². The van der Waals surface area contributed by atoms with Crippen LogP contribution in [-0.2, 0) is 6.42 Å². The van der Waals surface area contributed by atoms with Gasteiger partial charge in [-0.1, -0.05) is 19.1 Å². The minimum atomic E-state index is -0.300. The highest BCUT2D eigenvalue weighted by atomic mass is 19.1. The van der Waals surface area contributed by atoms with Crippen LogP contribution in [0.2, 0.25) is 0 Å². The maximum absolute atomic E-state index is 13.5. The summed E-state index contributed by atoms with van der Waals surface area (Å²) in [6.45, 7) is 4.70. The van der Waals surface area contributed by atoms with Crippen molar-refractivity contribution < 1.29 is 14.3 Å². The summed E-state index contributed by atoms with van der Waals surface area (Å²) in [6.07, 6.45) is 6.14. The summed E-state index contributed by atoms with van der Waals surface area (Å²) in [7, 11) is 0. The van der Waals surface area contributed by atoms with E-state index in [1.54, 1.807) is 36.5 Å². The number of pyridine rings is 1. The van der Waals surface area contributed by atoms with Crippen LogP contribution in [0.25, 0.3) is 22.4 Å². The molecule has 0 spiro atoms. The number of phenols is 1. The SMILES string of the molecule is CCC(C)n1cc(-c2ccnc(CCCNC(=O)c3ccccc3O)c2)c(-c2ccc(F)cc2)n1. The number of rotatable bonds is 9.